The molecule has 1 aliphatic rings. The number of hydrogen-bond donors (Lipinski definition) is 1. The summed E-state index contributed by atoms with van der Waals surface area (Å²) in [5.41, 5.74) is -0.459. The molecule has 34 heavy (non-hydrogen) atoms. The van der Waals surface area contributed by atoms with E-state index in [0.717, 1.165) is 20.8 Å². The fourth-order valence-corrected chi connectivity index (χ4v) is 3.29. The first kappa shape index (κ1) is 26.8. The van der Waals surface area contributed by atoms with Gasteiger partial charge in [0.2, 0.25) is 0 Å². The molecule has 1 aromatic heterocycles. The summed E-state index contributed by atoms with van der Waals surface area (Å²) in [7, 11) is 1.18. The number of pyridine rings is 1. The monoisotopic (exact) mass is 492 g/mol. The number of carbonyl (C=O) groups is 4. The fourth-order valence-electron chi connectivity index (χ4n) is 3.29. The molecule has 188 valence electrons. The highest BCUT2D eigenvalue weighted by Crippen LogP contribution is 2.34. The summed E-state index contributed by atoms with van der Waals surface area (Å²) < 4.78 is 64.8. The largest absolute Gasteiger partial charge is 0.494 e. The van der Waals surface area contributed by atoms with Crippen molar-refractivity contribution in [1.29, 1.82) is 0 Å². The van der Waals surface area contributed by atoms with Crippen LogP contribution in [0, 0.1) is 0 Å². The Morgan fingerprint density at radius 2 is 1.62 bits per heavy atom. The molecule has 0 aliphatic carbocycles. The number of carbonyl (C=O) groups excluding carboxylic acids is 4. The number of hydrogen-bond acceptors (Lipinski definition) is 10. The standard InChI is InChI=1S/C20H23F3N2O9/c1-9(26)31-8-15-18(33-11(3)28)17(32-10(2)27)14(34-15)7-12-16(13(30-4)5-6-24-12)25-19(29)20(21,22)23/h5-6,14-15,17-18H,7-8H2,1-4H3,(H,25,29)/t14-,15+,17-,18+/m0/s1. The molecule has 1 N–H and O–H groups in total. The van der Waals surface area contributed by atoms with E-state index < -0.39 is 54.4 Å². The Kier molecular flexibility index (Phi) is 8.79. The maximum Gasteiger partial charge on any atom is 0.471 e. The van der Waals surface area contributed by atoms with Gasteiger partial charge in [0.05, 0.1) is 12.8 Å². The Morgan fingerprint density at radius 1 is 1.03 bits per heavy atom. The Balaban J connectivity index is 2.42. The van der Waals surface area contributed by atoms with Crippen LogP contribution in [0.3, 0.4) is 0 Å². The number of rotatable bonds is 8. The molecule has 14 heteroatoms. The van der Waals surface area contributed by atoms with Crippen molar-refractivity contribution >= 4 is 29.5 Å². The minimum atomic E-state index is -5.18. The number of aromatic nitrogens is 1. The smallest absolute Gasteiger partial charge is 0.471 e. The summed E-state index contributed by atoms with van der Waals surface area (Å²) in [4.78, 5) is 50.1. The van der Waals surface area contributed by atoms with Crippen LogP contribution < -0.4 is 10.1 Å². The van der Waals surface area contributed by atoms with Gasteiger partial charge >= 0.3 is 30.0 Å². The van der Waals surface area contributed by atoms with Crippen molar-refractivity contribution in [2.75, 3.05) is 19.0 Å². The maximum absolute atomic E-state index is 12.8. The lowest BCUT2D eigenvalue weighted by Crippen LogP contribution is -2.41. The molecule has 0 bridgehead atoms. The van der Waals surface area contributed by atoms with Crippen molar-refractivity contribution in [3.8, 4) is 5.75 Å². The number of methoxy groups -OCH3 is 1. The summed E-state index contributed by atoms with van der Waals surface area (Å²) in [5.74, 6) is -4.51. The lowest BCUT2D eigenvalue weighted by atomic mass is 10.0. The van der Waals surface area contributed by atoms with E-state index in [1.54, 1.807) is 5.32 Å². The lowest BCUT2D eigenvalue weighted by Gasteiger charge is -2.24. The van der Waals surface area contributed by atoms with Crippen LogP contribution in [0.25, 0.3) is 0 Å². The fraction of sp³-hybridized carbons (Fsp3) is 0.550. The van der Waals surface area contributed by atoms with Crippen LogP contribution in [-0.2, 0) is 44.5 Å². The number of anilines is 1. The van der Waals surface area contributed by atoms with E-state index in [0.29, 0.717) is 0 Å². The molecule has 1 saturated heterocycles. The highest BCUT2D eigenvalue weighted by molar-refractivity contribution is 5.96. The molecule has 0 aromatic carbocycles. The van der Waals surface area contributed by atoms with Gasteiger partial charge in [-0.1, -0.05) is 0 Å². The Morgan fingerprint density at radius 3 is 2.12 bits per heavy atom. The zero-order valence-electron chi connectivity index (χ0n) is 18.6. The molecular weight excluding hydrogens is 469 g/mol. The molecule has 1 amide bonds. The van der Waals surface area contributed by atoms with Crippen LogP contribution in [0.5, 0.6) is 5.75 Å². The van der Waals surface area contributed by atoms with Gasteiger partial charge in [-0.3, -0.25) is 24.2 Å². The molecular formula is C20H23F3N2O9. The summed E-state index contributed by atoms with van der Waals surface area (Å²) in [6.07, 6.45) is -8.82. The molecule has 4 atom stereocenters. The molecule has 0 saturated carbocycles. The van der Waals surface area contributed by atoms with Gasteiger partial charge in [-0.15, -0.1) is 0 Å². The second kappa shape index (κ2) is 11.1. The van der Waals surface area contributed by atoms with E-state index >= 15 is 0 Å². The van der Waals surface area contributed by atoms with Crippen molar-refractivity contribution in [3.63, 3.8) is 0 Å². The maximum atomic E-state index is 12.8. The number of esters is 3. The molecule has 0 unspecified atom stereocenters. The third-order valence-electron chi connectivity index (χ3n) is 4.56. The number of halogens is 3. The Bertz CT molecular complexity index is 938. The van der Waals surface area contributed by atoms with Gasteiger partial charge in [0.15, 0.2) is 12.2 Å². The number of alkyl halides is 3. The number of nitrogens with zero attached hydrogens (tertiary/aromatic N) is 1. The van der Waals surface area contributed by atoms with Gasteiger partial charge in [-0.2, -0.15) is 13.2 Å². The van der Waals surface area contributed by atoms with Crippen molar-refractivity contribution in [1.82, 2.24) is 4.98 Å². The molecule has 1 fully saturated rings. The molecule has 2 heterocycles. The highest BCUT2D eigenvalue weighted by atomic mass is 19.4. The van der Waals surface area contributed by atoms with Crippen molar-refractivity contribution in [2.24, 2.45) is 0 Å². The SMILES string of the molecule is COc1ccnc(C[C@@H]2O[C@H](COC(C)=O)[C@@H](OC(C)=O)[C@H]2OC(C)=O)c1NC(=O)C(F)(F)F. The zero-order valence-corrected chi connectivity index (χ0v) is 18.6. The van der Waals surface area contributed by atoms with E-state index in [-0.39, 0.29) is 30.2 Å². The summed E-state index contributed by atoms with van der Waals surface area (Å²) in [5, 5.41) is 1.72. The quantitative estimate of drug-likeness (QED) is 0.418. The first-order valence-electron chi connectivity index (χ1n) is 9.86. The Labute approximate surface area is 191 Å². The summed E-state index contributed by atoms with van der Waals surface area (Å²) in [6, 6.07) is 1.24. The number of nitrogens with one attached hydrogen (secondary N) is 1. The third kappa shape index (κ3) is 7.04. The van der Waals surface area contributed by atoms with Gasteiger partial charge in [0, 0.05) is 39.5 Å². The van der Waals surface area contributed by atoms with Crippen LogP contribution in [0.15, 0.2) is 12.3 Å². The van der Waals surface area contributed by atoms with Crippen LogP contribution in [0.1, 0.15) is 26.5 Å². The predicted molar refractivity (Wildman–Crippen MR) is 106 cm³/mol. The van der Waals surface area contributed by atoms with Crippen LogP contribution in [0.2, 0.25) is 0 Å². The average molecular weight is 492 g/mol. The van der Waals surface area contributed by atoms with E-state index in [4.69, 9.17) is 23.7 Å². The highest BCUT2D eigenvalue weighted by Gasteiger charge is 2.50. The molecule has 1 aromatic rings. The van der Waals surface area contributed by atoms with E-state index in [1.165, 1.54) is 19.4 Å². The first-order valence-corrected chi connectivity index (χ1v) is 9.86. The van der Waals surface area contributed by atoms with Crippen molar-refractivity contribution in [3.05, 3.63) is 18.0 Å². The molecule has 0 radical (unpaired) electrons. The van der Waals surface area contributed by atoms with Crippen molar-refractivity contribution in [2.45, 2.75) is 57.8 Å². The topological polar surface area (TPSA) is 139 Å². The first-order chi connectivity index (χ1) is 15.8. The average Bonchev–Trinajstić information content (AvgIpc) is 3.01. The minimum absolute atomic E-state index is 0.0891. The predicted octanol–water partition coefficient (Wildman–Crippen LogP) is 1.33. The normalized spacial score (nSPS) is 22.0. The van der Waals surface area contributed by atoms with Gasteiger partial charge in [0.1, 0.15) is 30.3 Å². The van der Waals surface area contributed by atoms with E-state index in [1.807, 2.05) is 0 Å². The summed E-state index contributed by atoms with van der Waals surface area (Å²) in [6.45, 7) is 2.99. The van der Waals surface area contributed by atoms with Gasteiger partial charge in [0.25, 0.3) is 0 Å². The lowest BCUT2D eigenvalue weighted by molar-refractivity contribution is -0.167. The van der Waals surface area contributed by atoms with Gasteiger partial charge in [-0.05, 0) is 0 Å². The van der Waals surface area contributed by atoms with Crippen LogP contribution in [-0.4, -0.2) is 73.1 Å². The molecule has 11 nitrogen and oxygen atoms in total. The second-order valence-corrected chi connectivity index (χ2v) is 7.15. The minimum Gasteiger partial charge on any atom is -0.494 e. The molecule has 2 rings (SSSR count). The van der Waals surface area contributed by atoms with E-state index in [2.05, 4.69) is 4.98 Å². The third-order valence-corrected chi connectivity index (χ3v) is 4.56. The van der Waals surface area contributed by atoms with Crippen LogP contribution in [0.4, 0.5) is 18.9 Å². The molecule has 1 aliphatic heterocycles. The van der Waals surface area contributed by atoms with E-state index in [9.17, 15) is 32.3 Å². The number of amides is 1. The van der Waals surface area contributed by atoms with Gasteiger partial charge < -0.3 is 29.0 Å². The second-order valence-electron chi connectivity index (χ2n) is 7.15. The molecule has 0 spiro atoms. The van der Waals surface area contributed by atoms with Crippen LogP contribution >= 0.6 is 0 Å². The van der Waals surface area contributed by atoms with Gasteiger partial charge in [-0.25, -0.2) is 0 Å². The zero-order chi connectivity index (χ0) is 25.6. The Hall–Kier alpha value is -3.42. The summed E-state index contributed by atoms with van der Waals surface area (Å²) >= 11 is 0. The number of ether oxygens (including phenoxy) is 5. The van der Waals surface area contributed by atoms with Crippen molar-refractivity contribution < 1.29 is 56.0 Å².